The minimum Gasteiger partial charge on any atom is -0.377 e. The highest BCUT2D eigenvalue weighted by atomic mass is 32.1. The average Bonchev–Trinajstić information content (AvgIpc) is 2.93. The van der Waals surface area contributed by atoms with Gasteiger partial charge in [-0.3, -0.25) is 0 Å². The molecule has 1 aliphatic heterocycles. The molecule has 0 bridgehead atoms. The van der Waals surface area contributed by atoms with Crippen LogP contribution in [-0.4, -0.2) is 28.1 Å². The van der Waals surface area contributed by atoms with E-state index >= 15 is 0 Å². The van der Waals surface area contributed by atoms with Gasteiger partial charge in [-0.25, -0.2) is 4.98 Å². The molecule has 0 radical (unpaired) electrons. The van der Waals surface area contributed by atoms with E-state index < -0.39 is 0 Å². The molecule has 2 heterocycles. The lowest BCUT2D eigenvalue weighted by Gasteiger charge is -2.54. The molecule has 1 aromatic heterocycles. The Hall–Kier alpha value is -0.680. The van der Waals surface area contributed by atoms with E-state index in [0.29, 0.717) is 18.1 Å². The van der Waals surface area contributed by atoms with Gasteiger partial charge in [-0.15, -0.1) is 0 Å². The minimum absolute atomic E-state index is 0.208. The molecule has 5 heteroatoms. The third-order valence-electron chi connectivity index (χ3n) is 4.16. The number of aryl methyl sites for hydroxylation is 1. The fraction of sp³-hybridized carbons (Fsp3) is 0.833. The van der Waals surface area contributed by atoms with Crippen molar-refractivity contribution in [2.75, 3.05) is 11.9 Å². The van der Waals surface area contributed by atoms with Crippen LogP contribution in [0.3, 0.4) is 0 Å². The van der Waals surface area contributed by atoms with E-state index in [9.17, 15) is 0 Å². The lowest BCUT2D eigenvalue weighted by molar-refractivity contribution is -0.0923. The monoisotopic (exact) mass is 253 g/mol. The summed E-state index contributed by atoms with van der Waals surface area (Å²) in [5.41, 5.74) is 0.208. The Balaban J connectivity index is 1.73. The van der Waals surface area contributed by atoms with E-state index in [1.807, 2.05) is 0 Å². The van der Waals surface area contributed by atoms with Gasteiger partial charge in [-0.2, -0.15) is 4.37 Å². The van der Waals surface area contributed by atoms with Crippen LogP contribution in [0.2, 0.25) is 0 Å². The van der Waals surface area contributed by atoms with E-state index in [0.717, 1.165) is 24.0 Å². The van der Waals surface area contributed by atoms with E-state index in [2.05, 4.69) is 35.4 Å². The molecule has 1 saturated carbocycles. The van der Waals surface area contributed by atoms with Gasteiger partial charge in [-0.05, 0) is 6.42 Å². The van der Waals surface area contributed by atoms with Crippen LogP contribution in [-0.2, 0) is 11.2 Å². The Morgan fingerprint density at radius 1 is 1.53 bits per heavy atom. The largest absolute Gasteiger partial charge is 0.377 e. The van der Waals surface area contributed by atoms with Crippen LogP contribution >= 0.6 is 11.5 Å². The molecule has 3 rings (SSSR count). The van der Waals surface area contributed by atoms with Crippen LogP contribution in [0.1, 0.15) is 33.0 Å². The van der Waals surface area contributed by atoms with Crippen molar-refractivity contribution < 1.29 is 4.74 Å². The third-order valence-corrected chi connectivity index (χ3v) is 4.85. The van der Waals surface area contributed by atoms with Gasteiger partial charge in [0.25, 0.3) is 0 Å². The first-order valence-corrected chi connectivity index (χ1v) is 7.11. The lowest BCUT2D eigenvalue weighted by atomic mass is 9.57. The third kappa shape index (κ3) is 1.67. The molecule has 4 nitrogen and oxygen atoms in total. The van der Waals surface area contributed by atoms with Gasteiger partial charge in [0.05, 0.1) is 6.10 Å². The molecule has 1 aliphatic carbocycles. The zero-order valence-electron chi connectivity index (χ0n) is 10.6. The minimum atomic E-state index is 0.208. The van der Waals surface area contributed by atoms with Crippen LogP contribution in [0, 0.1) is 11.3 Å². The number of nitrogens with zero attached hydrogens (tertiary/aromatic N) is 2. The van der Waals surface area contributed by atoms with Crippen molar-refractivity contribution in [2.45, 2.75) is 45.8 Å². The molecular formula is C12H19N3OS. The van der Waals surface area contributed by atoms with E-state index in [4.69, 9.17) is 4.74 Å². The molecule has 1 aromatic rings. The number of ether oxygens (including phenoxy) is 1. The molecule has 3 atom stereocenters. The van der Waals surface area contributed by atoms with Crippen molar-refractivity contribution in [1.29, 1.82) is 0 Å². The molecule has 1 N–H and O–H groups in total. The Morgan fingerprint density at radius 3 is 3.06 bits per heavy atom. The summed E-state index contributed by atoms with van der Waals surface area (Å²) in [6.45, 7) is 7.55. The summed E-state index contributed by atoms with van der Waals surface area (Å²) in [6.07, 6.45) is 2.51. The SMILES string of the molecule is CCc1nsc(N[C@@H]2[C@@H]3CCO[C@H]3C2(C)C)n1. The Kier molecular flexibility index (Phi) is 2.63. The van der Waals surface area contributed by atoms with Gasteiger partial charge in [-0.1, -0.05) is 20.8 Å². The Bertz CT molecular complexity index is 418. The molecular weight excluding hydrogens is 234 g/mol. The van der Waals surface area contributed by atoms with Crippen LogP contribution in [0.4, 0.5) is 5.13 Å². The summed E-state index contributed by atoms with van der Waals surface area (Å²) in [5, 5.41) is 4.52. The standard InChI is InChI=1S/C12H19N3OS/c1-4-8-13-11(17-15-8)14-9-7-5-6-16-10(7)12(9,2)3/h7,9-10H,4-6H2,1-3H3,(H,13,14,15)/t7-,9+,10+/m0/s1. The Labute approximate surface area is 106 Å². The number of rotatable bonds is 3. The first-order chi connectivity index (χ1) is 8.13. The maximum Gasteiger partial charge on any atom is 0.202 e. The molecule has 2 aliphatic rings. The quantitative estimate of drug-likeness (QED) is 0.898. The Morgan fingerprint density at radius 2 is 2.35 bits per heavy atom. The fourth-order valence-corrected chi connectivity index (χ4v) is 3.89. The molecule has 94 valence electrons. The molecule has 1 saturated heterocycles. The second-order valence-electron chi connectivity index (χ2n) is 5.56. The first kappa shape index (κ1) is 11.4. The number of aromatic nitrogens is 2. The van der Waals surface area contributed by atoms with Gasteiger partial charge >= 0.3 is 0 Å². The number of hydrogen-bond donors (Lipinski definition) is 1. The van der Waals surface area contributed by atoms with Crippen molar-refractivity contribution in [2.24, 2.45) is 11.3 Å². The van der Waals surface area contributed by atoms with E-state index in [1.54, 1.807) is 0 Å². The normalized spacial score (nSPS) is 34.2. The number of hydrogen-bond acceptors (Lipinski definition) is 5. The zero-order valence-corrected chi connectivity index (χ0v) is 11.4. The number of fused-ring (bicyclic) bond motifs is 1. The smallest absolute Gasteiger partial charge is 0.202 e. The highest BCUT2D eigenvalue weighted by molar-refractivity contribution is 7.09. The second kappa shape index (κ2) is 3.92. The summed E-state index contributed by atoms with van der Waals surface area (Å²) in [5.74, 6) is 1.59. The van der Waals surface area contributed by atoms with Gasteiger partial charge < -0.3 is 10.1 Å². The van der Waals surface area contributed by atoms with Crippen LogP contribution in [0.25, 0.3) is 0 Å². The zero-order chi connectivity index (χ0) is 12.0. The van der Waals surface area contributed by atoms with Crippen molar-refractivity contribution in [3.8, 4) is 0 Å². The van der Waals surface area contributed by atoms with Crippen molar-refractivity contribution in [1.82, 2.24) is 9.36 Å². The highest BCUT2D eigenvalue weighted by Gasteiger charge is 2.59. The maximum atomic E-state index is 5.79. The summed E-state index contributed by atoms with van der Waals surface area (Å²) < 4.78 is 10.1. The average molecular weight is 253 g/mol. The summed E-state index contributed by atoms with van der Waals surface area (Å²) in [4.78, 5) is 4.49. The van der Waals surface area contributed by atoms with E-state index in [-0.39, 0.29) is 5.41 Å². The van der Waals surface area contributed by atoms with Crippen molar-refractivity contribution >= 4 is 16.7 Å². The topological polar surface area (TPSA) is 47.0 Å². The van der Waals surface area contributed by atoms with Crippen molar-refractivity contribution in [3.05, 3.63) is 5.82 Å². The van der Waals surface area contributed by atoms with Crippen LogP contribution < -0.4 is 5.32 Å². The van der Waals surface area contributed by atoms with Crippen LogP contribution in [0.5, 0.6) is 0 Å². The molecule has 0 amide bonds. The lowest BCUT2D eigenvalue weighted by Crippen LogP contribution is -2.63. The predicted molar refractivity (Wildman–Crippen MR) is 68.3 cm³/mol. The molecule has 0 unspecified atom stereocenters. The number of nitrogens with one attached hydrogen (secondary N) is 1. The summed E-state index contributed by atoms with van der Waals surface area (Å²) >= 11 is 1.47. The maximum absolute atomic E-state index is 5.79. The molecule has 0 spiro atoms. The highest BCUT2D eigenvalue weighted by Crippen LogP contribution is 2.53. The van der Waals surface area contributed by atoms with Gasteiger partial charge in [0.2, 0.25) is 5.13 Å². The van der Waals surface area contributed by atoms with Crippen LogP contribution in [0.15, 0.2) is 0 Å². The molecule has 0 aromatic carbocycles. The predicted octanol–water partition coefficient (Wildman–Crippen LogP) is 2.33. The van der Waals surface area contributed by atoms with Gasteiger partial charge in [0, 0.05) is 41.9 Å². The van der Waals surface area contributed by atoms with Crippen molar-refractivity contribution in [3.63, 3.8) is 0 Å². The van der Waals surface area contributed by atoms with E-state index in [1.165, 1.54) is 18.0 Å². The molecule has 17 heavy (non-hydrogen) atoms. The second-order valence-corrected chi connectivity index (χ2v) is 6.31. The van der Waals surface area contributed by atoms with Gasteiger partial charge in [0.1, 0.15) is 5.82 Å². The van der Waals surface area contributed by atoms with Gasteiger partial charge in [0.15, 0.2) is 0 Å². The fourth-order valence-electron chi connectivity index (χ4n) is 3.21. The summed E-state index contributed by atoms with van der Waals surface area (Å²) in [7, 11) is 0. The number of anilines is 1. The first-order valence-electron chi connectivity index (χ1n) is 6.33. The summed E-state index contributed by atoms with van der Waals surface area (Å²) in [6, 6.07) is 0.479. The molecule has 2 fully saturated rings.